The third-order valence-corrected chi connectivity index (χ3v) is 4.99. The summed E-state index contributed by atoms with van der Waals surface area (Å²) < 4.78 is 0. The molecule has 2 aromatic rings. The summed E-state index contributed by atoms with van der Waals surface area (Å²) >= 11 is 0. The fourth-order valence-electron chi connectivity index (χ4n) is 3.85. The number of hydrogen-bond acceptors (Lipinski definition) is 4. The number of amides is 4. The highest BCUT2D eigenvalue weighted by Gasteiger charge is 2.40. The van der Waals surface area contributed by atoms with Crippen LogP contribution in [0, 0.1) is 0 Å². The van der Waals surface area contributed by atoms with E-state index in [9.17, 15) is 19.2 Å². The Hall–Kier alpha value is -3.02. The lowest BCUT2D eigenvalue weighted by Gasteiger charge is -2.34. The molecule has 6 heteroatoms. The molecule has 0 atom stereocenters. The van der Waals surface area contributed by atoms with E-state index in [1.54, 1.807) is 52.0 Å². The van der Waals surface area contributed by atoms with Crippen LogP contribution >= 0.6 is 0 Å². The second kappa shape index (κ2) is 5.24. The van der Waals surface area contributed by atoms with E-state index in [1.165, 1.54) is 9.80 Å². The van der Waals surface area contributed by atoms with Gasteiger partial charge in [-0.2, -0.15) is 0 Å². The van der Waals surface area contributed by atoms with Gasteiger partial charge in [-0.1, -0.05) is 0 Å². The monoisotopic (exact) mass is 350 g/mol. The van der Waals surface area contributed by atoms with Crippen LogP contribution in [0.4, 0.5) is 0 Å². The predicted molar refractivity (Wildman–Crippen MR) is 95.2 cm³/mol. The first-order valence-electron chi connectivity index (χ1n) is 8.61. The van der Waals surface area contributed by atoms with E-state index in [2.05, 4.69) is 0 Å². The first-order chi connectivity index (χ1) is 12.3. The van der Waals surface area contributed by atoms with Crippen molar-refractivity contribution in [1.82, 2.24) is 9.80 Å². The zero-order valence-corrected chi connectivity index (χ0v) is 15.0. The molecule has 4 amide bonds. The lowest BCUT2D eigenvalue weighted by Crippen LogP contribution is -2.47. The summed E-state index contributed by atoms with van der Waals surface area (Å²) in [5, 5.41) is 0.828. The molecule has 0 unspecified atom stereocenters. The molecule has 2 heterocycles. The van der Waals surface area contributed by atoms with Crippen molar-refractivity contribution in [3.63, 3.8) is 0 Å². The zero-order valence-electron chi connectivity index (χ0n) is 15.0. The van der Waals surface area contributed by atoms with Gasteiger partial charge in [-0.05, 0) is 52.0 Å². The second-order valence-corrected chi connectivity index (χ2v) is 7.22. The maximum atomic E-state index is 12.8. The highest BCUT2D eigenvalue weighted by Crippen LogP contribution is 2.38. The number of benzene rings is 2. The smallest absolute Gasteiger partial charge is 0.261 e. The van der Waals surface area contributed by atoms with Gasteiger partial charge in [0.15, 0.2) is 0 Å². The number of nitrogens with zero attached hydrogens (tertiary/aromatic N) is 2. The SMILES string of the molecule is CC(C)N1C(=O)c2ccc3c4c(ccc(c24)C1=O)C(=O)N(C(C)C)C3=O. The Bertz CT molecular complexity index is 883. The van der Waals surface area contributed by atoms with Crippen LogP contribution in [0.5, 0.6) is 0 Å². The first kappa shape index (κ1) is 16.4. The maximum absolute atomic E-state index is 12.8. The minimum atomic E-state index is -0.396. The quantitative estimate of drug-likeness (QED) is 0.781. The van der Waals surface area contributed by atoms with Gasteiger partial charge < -0.3 is 0 Å². The average molecular weight is 350 g/mol. The molecule has 0 bridgehead atoms. The van der Waals surface area contributed by atoms with Crippen molar-refractivity contribution >= 4 is 34.4 Å². The molecule has 0 saturated carbocycles. The van der Waals surface area contributed by atoms with Crippen LogP contribution in [-0.4, -0.2) is 45.5 Å². The average Bonchev–Trinajstić information content (AvgIpc) is 2.57. The molecule has 26 heavy (non-hydrogen) atoms. The van der Waals surface area contributed by atoms with Crippen molar-refractivity contribution in [2.75, 3.05) is 0 Å². The predicted octanol–water partition coefficient (Wildman–Crippen LogP) is 2.85. The lowest BCUT2D eigenvalue weighted by atomic mass is 9.85. The summed E-state index contributed by atoms with van der Waals surface area (Å²) in [5.74, 6) is -1.58. The summed E-state index contributed by atoms with van der Waals surface area (Å²) in [6, 6.07) is 5.76. The van der Waals surface area contributed by atoms with E-state index in [1.807, 2.05) is 0 Å². The summed E-state index contributed by atoms with van der Waals surface area (Å²) in [6.45, 7) is 7.10. The van der Waals surface area contributed by atoms with Crippen molar-refractivity contribution in [3.8, 4) is 0 Å². The maximum Gasteiger partial charge on any atom is 0.261 e. The van der Waals surface area contributed by atoms with Gasteiger partial charge in [0.05, 0.1) is 0 Å². The molecule has 0 fully saturated rings. The third-order valence-electron chi connectivity index (χ3n) is 4.99. The van der Waals surface area contributed by atoms with Crippen LogP contribution in [0.15, 0.2) is 24.3 Å². The number of hydrogen-bond donors (Lipinski definition) is 0. The van der Waals surface area contributed by atoms with Crippen molar-refractivity contribution in [3.05, 3.63) is 46.5 Å². The van der Waals surface area contributed by atoms with Crippen LogP contribution in [0.25, 0.3) is 10.8 Å². The van der Waals surface area contributed by atoms with Crippen LogP contribution in [-0.2, 0) is 0 Å². The zero-order chi connectivity index (χ0) is 18.9. The molecule has 2 aliphatic heterocycles. The Morgan fingerprint density at radius 1 is 0.538 bits per heavy atom. The molecule has 2 aliphatic rings. The largest absolute Gasteiger partial charge is 0.272 e. The molecule has 0 N–H and O–H groups in total. The summed E-state index contributed by atoms with van der Waals surface area (Å²) in [7, 11) is 0. The minimum absolute atomic E-state index is 0.287. The van der Waals surface area contributed by atoms with E-state index < -0.39 is 23.6 Å². The summed E-state index contributed by atoms with van der Waals surface area (Å²) in [6.07, 6.45) is 0. The van der Waals surface area contributed by atoms with Gasteiger partial charge in [0.1, 0.15) is 0 Å². The van der Waals surface area contributed by atoms with Crippen LogP contribution in [0.2, 0.25) is 0 Å². The van der Waals surface area contributed by atoms with Crippen molar-refractivity contribution in [1.29, 1.82) is 0 Å². The Kier molecular flexibility index (Phi) is 3.31. The number of carbonyl (C=O) groups is 4. The van der Waals surface area contributed by atoms with E-state index in [-0.39, 0.29) is 12.1 Å². The molecule has 0 spiro atoms. The number of imide groups is 2. The number of rotatable bonds is 2. The van der Waals surface area contributed by atoms with E-state index >= 15 is 0 Å². The van der Waals surface area contributed by atoms with Gasteiger partial charge >= 0.3 is 0 Å². The Morgan fingerprint density at radius 3 is 0.962 bits per heavy atom. The van der Waals surface area contributed by atoms with E-state index in [0.29, 0.717) is 33.0 Å². The third kappa shape index (κ3) is 1.87. The topological polar surface area (TPSA) is 74.8 Å². The molecule has 6 nitrogen and oxygen atoms in total. The molecule has 0 aliphatic carbocycles. The Balaban J connectivity index is 2.09. The summed E-state index contributed by atoms with van der Waals surface area (Å²) in [4.78, 5) is 53.8. The molecule has 0 saturated heterocycles. The van der Waals surface area contributed by atoms with Gasteiger partial charge in [-0.25, -0.2) is 0 Å². The highest BCUT2D eigenvalue weighted by atomic mass is 16.2. The normalized spacial score (nSPS) is 16.5. The lowest BCUT2D eigenvalue weighted by molar-refractivity contribution is 0.0541. The highest BCUT2D eigenvalue weighted by molar-refractivity contribution is 6.33. The van der Waals surface area contributed by atoms with Gasteiger partial charge in [-0.15, -0.1) is 0 Å². The van der Waals surface area contributed by atoms with E-state index in [0.717, 1.165) is 0 Å². The molecular weight excluding hydrogens is 332 g/mol. The molecule has 132 valence electrons. The summed E-state index contributed by atoms with van der Waals surface area (Å²) in [5.41, 5.74) is 1.42. The van der Waals surface area contributed by atoms with Gasteiger partial charge in [0.25, 0.3) is 23.6 Å². The second-order valence-electron chi connectivity index (χ2n) is 7.22. The first-order valence-corrected chi connectivity index (χ1v) is 8.61. The van der Waals surface area contributed by atoms with Gasteiger partial charge in [0, 0.05) is 45.1 Å². The fraction of sp³-hybridized carbons (Fsp3) is 0.300. The molecule has 2 aromatic carbocycles. The van der Waals surface area contributed by atoms with Crippen LogP contribution in [0.3, 0.4) is 0 Å². The van der Waals surface area contributed by atoms with Gasteiger partial charge in [-0.3, -0.25) is 29.0 Å². The molecule has 4 rings (SSSR count). The Labute approximate surface area is 150 Å². The standard InChI is InChI=1S/C20H18N2O4/c1-9(2)21-17(23)11-5-7-13-16-14(8-6-12(15(11)16)18(21)24)20(26)22(10(3)4)19(13)25/h5-10H,1-4H3. The van der Waals surface area contributed by atoms with Crippen molar-refractivity contribution < 1.29 is 19.2 Å². The Morgan fingerprint density at radius 2 is 0.769 bits per heavy atom. The van der Waals surface area contributed by atoms with Crippen molar-refractivity contribution in [2.45, 2.75) is 39.8 Å². The fourth-order valence-corrected chi connectivity index (χ4v) is 3.85. The van der Waals surface area contributed by atoms with Crippen LogP contribution in [0.1, 0.15) is 69.1 Å². The van der Waals surface area contributed by atoms with E-state index in [4.69, 9.17) is 0 Å². The van der Waals surface area contributed by atoms with Gasteiger partial charge in [0.2, 0.25) is 0 Å². The minimum Gasteiger partial charge on any atom is -0.272 e. The number of carbonyl (C=O) groups excluding carboxylic acids is 4. The van der Waals surface area contributed by atoms with Crippen LogP contribution < -0.4 is 0 Å². The molecule has 0 aromatic heterocycles. The molecule has 0 radical (unpaired) electrons. The molecular formula is C20H18N2O4. The van der Waals surface area contributed by atoms with Crippen molar-refractivity contribution in [2.24, 2.45) is 0 Å².